The Morgan fingerprint density at radius 2 is 1.70 bits per heavy atom. The van der Waals surface area contributed by atoms with Crippen molar-refractivity contribution in [3.63, 3.8) is 0 Å². The summed E-state index contributed by atoms with van der Waals surface area (Å²) < 4.78 is 19.4. The second-order valence-corrected chi connectivity index (χ2v) is 18.6. The second-order valence-electron chi connectivity index (χ2n) is 13.8. The minimum atomic E-state index is -2.09. The van der Waals surface area contributed by atoms with Crippen LogP contribution >= 0.6 is 0 Å². The molecule has 5 nitrogen and oxygen atoms in total. The third kappa shape index (κ3) is 9.77. The average molecular weight is 539 g/mol. The van der Waals surface area contributed by atoms with Crippen molar-refractivity contribution in [1.82, 2.24) is 0 Å². The van der Waals surface area contributed by atoms with Gasteiger partial charge in [-0.3, -0.25) is 4.79 Å². The van der Waals surface area contributed by atoms with Crippen LogP contribution in [0.1, 0.15) is 113 Å². The lowest BCUT2D eigenvalue weighted by molar-refractivity contribution is -0.154. The van der Waals surface area contributed by atoms with Crippen LogP contribution in [0.3, 0.4) is 0 Å². The highest BCUT2D eigenvalue weighted by Gasteiger charge is 2.43. The van der Waals surface area contributed by atoms with Gasteiger partial charge in [-0.25, -0.2) is 0 Å². The van der Waals surface area contributed by atoms with E-state index in [1.165, 1.54) is 0 Å². The number of aliphatic hydroxyl groups is 1. The molecule has 2 saturated heterocycles. The SMILES string of the molecule is C=C1C[C@@H](CCC)OC(=O)[C@@H](C)CCCC[C@@H]2O[C@H](C[C@@H]2C)C[C@@H](O[Si](C)(C)C(C)(C)C)[C@H](O)[C@H](C)C1. The summed E-state index contributed by atoms with van der Waals surface area (Å²) >= 11 is 0. The number of cyclic esters (lactones) is 1. The molecule has 0 spiro atoms. The zero-order valence-corrected chi connectivity index (χ0v) is 26.5. The molecular weight excluding hydrogens is 480 g/mol. The first-order chi connectivity index (χ1) is 17.1. The van der Waals surface area contributed by atoms with Gasteiger partial charge in [-0.2, -0.15) is 0 Å². The number of aliphatic hydroxyl groups excluding tert-OH is 1. The third-order valence-electron chi connectivity index (χ3n) is 9.15. The smallest absolute Gasteiger partial charge is 0.308 e. The molecule has 216 valence electrons. The summed E-state index contributed by atoms with van der Waals surface area (Å²) in [5.74, 6) is 0.309. The van der Waals surface area contributed by atoms with Crippen LogP contribution in [-0.4, -0.2) is 49.9 Å². The molecule has 0 aromatic carbocycles. The quantitative estimate of drug-likeness (QED) is 0.225. The van der Waals surface area contributed by atoms with Crippen molar-refractivity contribution in [3.8, 4) is 0 Å². The normalized spacial score (nSPS) is 36.1. The molecule has 0 unspecified atom stereocenters. The van der Waals surface area contributed by atoms with E-state index < -0.39 is 14.4 Å². The fraction of sp³-hybridized carbons (Fsp3) is 0.903. The van der Waals surface area contributed by atoms with Crippen molar-refractivity contribution in [2.24, 2.45) is 17.8 Å². The Morgan fingerprint density at radius 3 is 2.32 bits per heavy atom. The predicted molar refractivity (Wildman–Crippen MR) is 155 cm³/mol. The summed E-state index contributed by atoms with van der Waals surface area (Å²) in [4.78, 5) is 12.8. The number of ether oxygens (including phenoxy) is 2. The molecule has 2 aliphatic heterocycles. The molecule has 2 bridgehead atoms. The van der Waals surface area contributed by atoms with Crippen molar-refractivity contribution in [3.05, 3.63) is 12.2 Å². The number of rotatable bonds is 4. The van der Waals surface area contributed by atoms with E-state index in [1.807, 2.05) is 6.92 Å². The predicted octanol–water partition coefficient (Wildman–Crippen LogP) is 7.82. The van der Waals surface area contributed by atoms with Gasteiger partial charge in [0.2, 0.25) is 0 Å². The molecule has 2 fully saturated rings. The fourth-order valence-corrected chi connectivity index (χ4v) is 6.99. The van der Waals surface area contributed by atoms with E-state index >= 15 is 0 Å². The Morgan fingerprint density at radius 1 is 1.05 bits per heavy atom. The van der Waals surface area contributed by atoms with Gasteiger partial charge in [0.15, 0.2) is 8.32 Å². The van der Waals surface area contributed by atoms with Crippen LogP contribution in [0.2, 0.25) is 18.1 Å². The molecule has 0 aromatic heterocycles. The maximum atomic E-state index is 12.8. The minimum Gasteiger partial charge on any atom is -0.462 e. The van der Waals surface area contributed by atoms with Gasteiger partial charge in [0.05, 0.1) is 30.3 Å². The lowest BCUT2D eigenvalue weighted by atomic mass is 9.88. The Bertz CT molecular complexity index is 730. The molecule has 2 heterocycles. The molecule has 1 N–H and O–H groups in total. The summed E-state index contributed by atoms with van der Waals surface area (Å²) in [6.07, 6.45) is 8.17. The summed E-state index contributed by atoms with van der Waals surface area (Å²) in [6, 6.07) is 0. The number of hydrogen-bond donors (Lipinski definition) is 1. The van der Waals surface area contributed by atoms with Crippen LogP contribution in [0, 0.1) is 17.8 Å². The van der Waals surface area contributed by atoms with Gasteiger partial charge in [0, 0.05) is 12.8 Å². The second kappa shape index (κ2) is 14.1. The maximum absolute atomic E-state index is 12.8. The van der Waals surface area contributed by atoms with E-state index in [0.29, 0.717) is 18.8 Å². The van der Waals surface area contributed by atoms with Crippen LogP contribution in [0.5, 0.6) is 0 Å². The number of carbonyl (C=O) groups is 1. The molecule has 0 amide bonds. The molecule has 2 aliphatic rings. The zero-order chi connectivity index (χ0) is 28.0. The summed E-state index contributed by atoms with van der Waals surface area (Å²) in [6.45, 7) is 24.1. The Labute approximate surface area is 229 Å². The van der Waals surface area contributed by atoms with Crippen LogP contribution in [0.15, 0.2) is 12.2 Å². The van der Waals surface area contributed by atoms with E-state index in [1.54, 1.807) is 0 Å². The van der Waals surface area contributed by atoms with Crippen molar-refractivity contribution in [2.75, 3.05) is 0 Å². The fourth-order valence-electron chi connectivity index (χ4n) is 5.65. The van der Waals surface area contributed by atoms with Crippen molar-refractivity contribution >= 4 is 14.3 Å². The van der Waals surface area contributed by atoms with Gasteiger partial charge in [0.25, 0.3) is 0 Å². The largest absolute Gasteiger partial charge is 0.462 e. The van der Waals surface area contributed by atoms with Crippen molar-refractivity contribution in [1.29, 1.82) is 0 Å². The van der Waals surface area contributed by atoms with Crippen LogP contribution in [-0.2, 0) is 18.7 Å². The van der Waals surface area contributed by atoms with Gasteiger partial charge in [-0.1, -0.05) is 79.9 Å². The Balaban J connectivity index is 2.27. The Hall–Kier alpha value is -0.693. The molecule has 0 aliphatic carbocycles. The molecule has 0 aromatic rings. The van der Waals surface area contributed by atoms with Crippen LogP contribution in [0.25, 0.3) is 0 Å². The number of hydrogen-bond acceptors (Lipinski definition) is 5. The number of fused-ring (bicyclic) bond motifs is 2. The van der Waals surface area contributed by atoms with Gasteiger partial charge in [0.1, 0.15) is 6.10 Å². The molecule has 0 radical (unpaired) electrons. The van der Waals surface area contributed by atoms with Gasteiger partial charge < -0.3 is 19.0 Å². The highest BCUT2D eigenvalue weighted by Crippen LogP contribution is 2.40. The summed E-state index contributed by atoms with van der Waals surface area (Å²) in [5, 5.41) is 11.7. The van der Waals surface area contributed by atoms with Crippen molar-refractivity contribution < 1.29 is 23.8 Å². The van der Waals surface area contributed by atoms with E-state index in [0.717, 1.165) is 56.9 Å². The Kier molecular flexibility index (Phi) is 12.4. The maximum Gasteiger partial charge on any atom is 0.308 e. The van der Waals surface area contributed by atoms with E-state index in [-0.39, 0.29) is 47.3 Å². The number of esters is 1. The van der Waals surface area contributed by atoms with Crippen molar-refractivity contribution in [2.45, 2.75) is 161 Å². The lowest BCUT2D eigenvalue weighted by Crippen LogP contribution is -2.49. The van der Waals surface area contributed by atoms with Crippen LogP contribution in [0.4, 0.5) is 0 Å². The average Bonchev–Trinajstić information content (AvgIpc) is 3.12. The highest BCUT2D eigenvalue weighted by molar-refractivity contribution is 6.74. The molecule has 6 heteroatoms. The van der Waals surface area contributed by atoms with E-state index in [9.17, 15) is 9.90 Å². The topological polar surface area (TPSA) is 65.0 Å². The molecule has 2 rings (SSSR count). The molecule has 8 atom stereocenters. The first kappa shape index (κ1) is 32.5. The first-order valence-corrected chi connectivity index (χ1v) is 17.9. The van der Waals surface area contributed by atoms with Gasteiger partial charge in [-0.15, -0.1) is 0 Å². The third-order valence-corrected chi connectivity index (χ3v) is 13.7. The number of carbonyl (C=O) groups excluding carboxylic acids is 1. The van der Waals surface area contributed by atoms with E-state index in [2.05, 4.69) is 61.2 Å². The summed E-state index contributed by atoms with van der Waals surface area (Å²) in [5.41, 5.74) is 1.03. The standard InChI is InChI=1S/C31H58O5Si/c1-11-14-25-18-21(2)17-24(5)29(32)28(36-37(9,10)31(6,7)8)20-26-19-23(4)27(34-26)16-13-12-15-22(3)30(33)35-25/h22-29,32H,2,11-20H2,1,3-10H3/t22-,23-,24+,25+,26+,27-,28+,29+/m0/s1. The molecule has 37 heavy (non-hydrogen) atoms. The lowest BCUT2D eigenvalue weighted by Gasteiger charge is -2.42. The van der Waals surface area contributed by atoms with Crippen LogP contribution < -0.4 is 0 Å². The minimum absolute atomic E-state index is 0.00678. The zero-order valence-electron chi connectivity index (χ0n) is 25.5. The summed E-state index contributed by atoms with van der Waals surface area (Å²) in [7, 11) is -2.09. The van der Waals surface area contributed by atoms with E-state index in [4.69, 9.17) is 13.9 Å². The monoisotopic (exact) mass is 538 g/mol. The molecule has 0 saturated carbocycles. The first-order valence-electron chi connectivity index (χ1n) is 15.0. The van der Waals surface area contributed by atoms with Gasteiger partial charge in [-0.05, 0) is 62.1 Å². The molecular formula is C31H58O5Si. The highest BCUT2D eigenvalue weighted by atomic mass is 28.4. The van der Waals surface area contributed by atoms with Gasteiger partial charge >= 0.3 is 5.97 Å².